The summed E-state index contributed by atoms with van der Waals surface area (Å²) < 4.78 is 0. The van der Waals surface area contributed by atoms with Crippen LogP contribution in [-0.4, -0.2) is 33.4 Å². The molecule has 1 N–H and O–H groups in total. The number of imide groups is 1. The number of ketones is 2. The summed E-state index contributed by atoms with van der Waals surface area (Å²) in [6.07, 6.45) is 3.73. The minimum Gasteiger partial charge on any atom is -0.507 e. The zero-order chi connectivity index (χ0) is 36.6. The molecule has 0 aromatic heterocycles. The van der Waals surface area contributed by atoms with Crippen LogP contribution in [0.1, 0.15) is 35.4 Å². The summed E-state index contributed by atoms with van der Waals surface area (Å²) in [5.41, 5.74) is 1.32. The van der Waals surface area contributed by atoms with E-state index in [-0.39, 0.29) is 47.1 Å². The summed E-state index contributed by atoms with van der Waals surface area (Å²) in [5.74, 6) is -5.42. The molecule has 3 aliphatic carbocycles. The highest BCUT2D eigenvalue weighted by molar-refractivity contribution is 6.32. The number of phenols is 1. The lowest BCUT2D eigenvalue weighted by molar-refractivity contribution is -0.384. The summed E-state index contributed by atoms with van der Waals surface area (Å²) >= 11 is 0. The summed E-state index contributed by atoms with van der Waals surface area (Å²) in [6.45, 7) is 0. The molecule has 1 aliphatic heterocycles. The smallest absolute Gasteiger partial charge is 0.269 e. The number of amides is 2. The molecule has 9 nitrogen and oxygen atoms in total. The predicted octanol–water partition coefficient (Wildman–Crippen LogP) is 7.48. The van der Waals surface area contributed by atoms with E-state index >= 15 is 9.59 Å². The molecule has 2 amide bonds. The predicted molar refractivity (Wildman–Crippen MR) is 198 cm³/mol. The van der Waals surface area contributed by atoms with Crippen LogP contribution >= 0.6 is 0 Å². The van der Waals surface area contributed by atoms with Crippen molar-refractivity contribution < 1.29 is 29.2 Å². The quantitative estimate of drug-likeness (QED) is 0.0869. The molecule has 0 spiro atoms. The molecule has 6 unspecified atom stereocenters. The second-order valence-electron chi connectivity index (χ2n) is 14.3. The first-order valence-corrected chi connectivity index (χ1v) is 17.7. The van der Waals surface area contributed by atoms with Crippen LogP contribution in [0.2, 0.25) is 0 Å². The van der Waals surface area contributed by atoms with Crippen molar-refractivity contribution in [2.45, 2.75) is 24.2 Å². The number of carbonyl (C=O) groups is 4. The van der Waals surface area contributed by atoms with E-state index in [1.54, 1.807) is 12.1 Å². The van der Waals surface area contributed by atoms with Crippen LogP contribution in [0.3, 0.4) is 0 Å². The number of Topliss-reactive ketones (excluding diaryl/α,β-unsaturated/α-hetero) is 1. The van der Waals surface area contributed by atoms with Crippen molar-refractivity contribution >= 4 is 51.1 Å². The van der Waals surface area contributed by atoms with E-state index in [2.05, 4.69) is 0 Å². The zero-order valence-corrected chi connectivity index (χ0v) is 28.3. The van der Waals surface area contributed by atoms with Crippen LogP contribution in [0.5, 0.6) is 5.75 Å². The Labute approximate surface area is 304 Å². The van der Waals surface area contributed by atoms with Gasteiger partial charge in [0.15, 0.2) is 11.6 Å². The Hall–Kier alpha value is -6.48. The van der Waals surface area contributed by atoms with Crippen LogP contribution in [0.25, 0.3) is 16.3 Å². The van der Waals surface area contributed by atoms with Crippen molar-refractivity contribution in [3.63, 3.8) is 0 Å². The number of hydrogen-bond acceptors (Lipinski definition) is 7. The lowest BCUT2D eigenvalue weighted by Crippen LogP contribution is -2.58. The number of hydrogen-bond donors (Lipinski definition) is 1. The molecule has 53 heavy (non-hydrogen) atoms. The molecule has 0 radical (unpaired) electrons. The summed E-state index contributed by atoms with van der Waals surface area (Å²) in [7, 11) is 0. The molecule has 5 aromatic rings. The van der Waals surface area contributed by atoms with Gasteiger partial charge in [-0.3, -0.25) is 34.2 Å². The van der Waals surface area contributed by atoms with Crippen LogP contribution < -0.4 is 4.90 Å². The lowest BCUT2D eigenvalue weighted by atomic mass is 9.44. The third kappa shape index (κ3) is 4.63. The van der Waals surface area contributed by atoms with Gasteiger partial charge in [-0.05, 0) is 53.5 Å². The van der Waals surface area contributed by atoms with Crippen LogP contribution in [0, 0.1) is 33.8 Å². The van der Waals surface area contributed by atoms with Gasteiger partial charge in [-0.1, -0.05) is 109 Å². The maximum Gasteiger partial charge on any atom is 0.269 e. The molecular weight excluding hydrogens is 668 g/mol. The van der Waals surface area contributed by atoms with Crippen LogP contribution in [-0.2, 0) is 24.6 Å². The summed E-state index contributed by atoms with van der Waals surface area (Å²) in [6, 6.07) is 34.8. The summed E-state index contributed by atoms with van der Waals surface area (Å²) in [5, 5.41) is 24.9. The second-order valence-corrected chi connectivity index (χ2v) is 14.3. The van der Waals surface area contributed by atoms with Crippen molar-refractivity contribution in [3.8, 4) is 5.75 Å². The van der Waals surface area contributed by atoms with Crippen molar-refractivity contribution in [1.29, 1.82) is 0 Å². The van der Waals surface area contributed by atoms with Crippen molar-refractivity contribution in [1.82, 2.24) is 0 Å². The van der Waals surface area contributed by atoms with Crippen molar-refractivity contribution in [3.05, 3.63) is 166 Å². The minimum atomic E-state index is -1.48. The van der Waals surface area contributed by atoms with Gasteiger partial charge in [0.2, 0.25) is 11.8 Å². The molecule has 9 rings (SSSR count). The highest BCUT2D eigenvalue weighted by Crippen LogP contribution is 2.64. The Morgan fingerprint density at radius 3 is 2.15 bits per heavy atom. The van der Waals surface area contributed by atoms with Gasteiger partial charge >= 0.3 is 0 Å². The van der Waals surface area contributed by atoms with Gasteiger partial charge in [0.25, 0.3) is 5.69 Å². The van der Waals surface area contributed by atoms with Gasteiger partial charge in [-0.15, -0.1) is 0 Å². The second kappa shape index (κ2) is 12.1. The topological polar surface area (TPSA) is 135 Å². The standard InChI is InChI=1S/C44H32N2O7/c47-37-24-34(25-9-3-1-4-10-25)41(49)36-23-35-31(21-22-32-38(35)43(51)45(42(32)50)28-16-18-29(19-17-28)46(52)53)39(44(36,37)27-12-5-2-6-13-27)33-20-15-26-11-7-8-14-30(26)40(33)48/h1-21,24,32,35-36,38-39,48H,22-23H2. The Bertz CT molecular complexity index is 2450. The van der Waals surface area contributed by atoms with E-state index in [9.17, 15) is 24.8 Å². The molecule has 1 saturated heterocycles. The molecule has 0 bridgehead atoms. The maximum absolute atomic E-state index is 15.3. The molecule has 2 fully saturated rings. The maximum atomic E-state index is 15.3. The number of fused-ring (bicyclic) bond motifs is 5. The number of nitrogens with zero attached hydrogens (tertiary/aromatic N) is 2. The lowest BCUT2D eigenvalue weighted by Gasteiger charge is -2.55. The van der Waals surface area contributed by atoms with Gasteiger partial charge in [-0.25, -0.2) is 0 Å². The number of phenolic OH excluding ortho intramolecular Hbond substituents is 1. The largest absolute Gasteiger partial charge is 0.507 e. The van der Waals surface area contributed by atoms with Crippen LogP contribution in [0.4, 0.5) is 11.4 Å². The van der Waals surface area contributed by atoms with Gasteiger partial charge in [0.05, 0.1) is 27.9 Å². The van der Waals surface area contributed by atoms with E-state index in [0.717, 1.165) is 15.9 Å². The van der Waals surface area contributed by atoms with Crippen LogP contribution in [0.15, 0.2) is 139 Å². The molecule has 1 saturated carbocycles. The van der Waals surface area contributed by atoms with Crippen molar-refractivity contribution in [2.24, 2.45) is 23.7 Å². The molecule has 1 heterocycles. The van der Waals surface area contributed by atoms with E-state index in [1.807, 2.05) is 91.0 Å². The van der Waals surface area contributed by atoms with E-state index in [4.69, 9.17) is 0 Å². The molecule has 4 aliphatic rings. The first kappa shape index (κ1) is 32.4. The third-order valence-corrected chi connectivity index (χ3v) is 11.9. The average Bonchev–Trinajstić information content (AvgIpc) is 3.45. The zero-order valence-electron chi connectivity index (χ0n) is 28.3. The number of allylic oxidation sites excluding steroid dienone is 4. The molecule has 6 atom stereocenters. The van der Waals surface area contributed by atoms with E-state index < -0.39 is 51.7 Å². The molecular formula is C44H32N2O7. The fourth-order valence-electron chi connectivity index (χ4n) is 9.70. The number of anilines is 1. The Morgan fingerprint density at radius 1 is 0.755 bits per heavy atom. The average molecular weight is 701 g/mol. The Morgan fingerprint density at radius 2 is 1.43 bits per heavy atom. The SMILES string of the molecule is O=C1C(c2ccccc2)=CC(=O)C2(c3ccccc3)C1CC1C(=CCC3C(=O)N(c4ccc([N+](=O)[O-])cc4)C(=O)C31)C2c1ccc2ccccc2c1O. The summed E-state index contributed by atoms with van der Waals surface area (Å²) in [4.78, 5) is 71.0. The highest BCUT2D eigenvalue weighted by atomic mass is 16.6. The van der Waals surface area contributed by atoms with Gasteiger partial charge in [-0.2, -0.15) is 0 Å². The number of benzene rings is 5. The van der Waals surface area contributed by atoms with Gasteiger partial charge in [0, 0.05) is 40.5 Å². The fourth-order valence-corrected chi connectivity index (χ4v) is 9.70. The monoisotopic (exact) mass is 700 g/mol. The van der Waals surface area contributed by atoms with E-state index in [1.165, 1.54) is 30.3 Å². The minimum absolute atomic E-state index is 0.00903. The molecule has 9 heteroatoms. The third-order valence-electron chi connectivity index (χ3n) is 11.9. The number of nitro benzene ring substituents is 1. The highest BCUT2D eigenvalue weighted by Gasteiger charge is 2.66. The Balaban J connectivity index is 1.27. The van der Waals surface area contributed by atoms with Gasteiger partial charge in [0.1, 0.15) is 5.75 Å². The number of aromatic hydroxyl groups is 1. The van der Waals surface area contributed by atoms with Crippen molar-refractivity contribution in [2.75, 3.05) is 4.90 Å². The molecule has 260 valence electrons. The Kier molecular flexibility index (Phi) is 7.37. The first-order valence-electron chi connectivity index (χ1n) is 17.7. The first-order chi connectivity index (χ1) is 25.7. The van der Waals surface area contributed by atoms with E-state index in [0.29, 0.717) is 22.1 Å². The fraction of sp³-hybridized carbons (Fsp3) is 0.182. The normalized spacial score (nSPS) is 26.4. The van der Waals surface area contributed by atoms with Gasteiger partial charge < -0.3 is 5.11 Å². The molecule has 5 aromatic carbocycles. The number of carbonyl (C=O) groups excluding carboxylic acids is 4. The number of rotatable bonds is 5. The number of non-ortho nitro benzene ring substituents is 1. The number of nitro groups is 1.